The predicted octanol–water partition coefficient (Wildman–Crippen LogP) is 7.55. The molecule has 260 valence electrons. The molecule has 14 heteroatoms. The Hall–Kier alpha value is -4.30. The molecule has 1 aromatic heterocycles. The molecule has 1 amide bonds. The molecule has 0 bridgehead atoms. The summed E-state index contributed by atoms with van der Waals surface area (Å²) in [7, 11) is -3.95. The van der Waals surface area contributed by atoms with E-state index < -0.39 is 50.9 Å². The second-order valence-electron chi connectivity index (χ2n) is 12.4. The Balaban J connectivity index is 1.82. The van der Waals surface area contributed by atoms with E-state index in [0.29, 0.717) is 0 Å². The number of hydrogen-bond acceptors (Lipinski definition) is 6. The Kier molecular flexibility index (Phi) is 9.95. The van der Waals surface area contributed by atoms with Crippen LogP contribution in [0.1, 0.15) is 60.3 Å². The highest BCUT2D eigenvalue weighted by molar-refractivity contribution is 7.92. The van der Waals surface area contributed by atoms with Crippen LogP contribution >= 0.6 is 0 Å². The van der Waals surface area contributed by atoms with Crippen molar-refractivity contribution in [3.05, 3.63) is 95.1 Å². The Labute approximate surface area is 279 Å². The molecular weight excluding hydrogens is 672 g/mol. The van der Waals surface area contributed by atoms with Crippen LogP contribution in [0.25, 0.3) is 22.2 Å². The van der Waals surface area contributed by atoms with Crippen molar-refractivity contribution in [2.75, 3.05) is 13.1 Å². The summed E-state index contributed by atoms with van der Waals surface area (Å²) in [4.78, 5) is 32.8. The molecule has 49 heavy (non-hydrogen) atoms. The van der Waals surface area contributed by atoms with E-state index in [1.54, 1.807) is 11.8 Å². The number of alkyl halides is 6. The first-order chi connectivity index (χ1) is 22.9. The summed E-state index contributed by atoms with van der Waals surface area (Å²) in [5.41, 5.74) is -1.85. The zero-order valence-corrected chi connectivity index (χ0v) is 27.5. The molecule has 0 spiro atoms. The SMILES string of the molecule is CC1CN(Cc2c(-c3cccc(C(F)(F)F)c3)nc3ccc(S(=O)(=O)C(C)C)cc3c2C(=O)N[C@H](c2ccccc2)C(F)(F)F)CCC1=O. The third-order valence-corrected chi connectivity index (χ3v) is 10.7. The van der Waals surface area contributed by atoms with Crippen LogP contribution in [0, 0.1) is 5.92 Å². The van der Waals surface area contributed by atoms with Gasteiger partial charge in [0.05, 0.1) is 32.5 Å². The number of piperidine rings is 1. The number of aromatic nitrogens is 1. The molecule has 1 fully saturated rings. The number of Topliss-reactive ketones (excluding diaryl/α,β-unsaturated/α-hetero) is 1. The number of nitrogens with one attached hydrogen (secondary N) is 1. The minimum atomic E-state index is -4.96. The first-order valence-corrected chi connectivity index (χ1v) is 17.0. The third kappa shape index (κ3) is 7.64. The van der Waals surface area contributed by atoms with Gasteiger partial charge in [0.1, 0.15) is 5.78 Å². The van der Waals surface area contributed by atoms with Gasteiger partial charge in [-0.25, -0.2) is 13.4 Å². The number of carbonyl (C=O) groups excluding carboxylic acids is 2. The number of pyridine rings is 1. The average Bonchev–Trinajstić information content (AvgIpc) is 3.04. The van der Waals surface area contributed by atoms with Gasteiger partial charge >= 0.3 is 12.4 Å². The van der Waals surface area contributed by atoms with E-state index in [9.17, 15) is 44.3 Å². The van der Waals surface area contributed by atoms with Gasteiger partial charge < -0.3 is 5.32 Å². The summed E-state index contributed by atoms with van der Waals surface area (Å²) in [5.74, 6) is -1.67. The van der Waals surface area contributed by atoms with Gasteiger partial charge in [0.2, 0.25) is 0 Å². The van der Waals surface area contributed by atoms with Crippen molar-refractivity contribution in [3.63, 3.8) is 0 Å². The number of fused-ring (bicyclic) bond motifs is 1. The fourth-order valence-corrected chi connectivity index (χ4v) is 6.98. The summed E-state index contributed by atoms with van der Waals surface area (Å²) in [6.07, 6.45) is -9.56. The van der Waals surface area contributed by atoms with Crippen molar-refractivity contribution >= 4 is 32.4 Å². The molecule has 2 atom stereocenters. The maximum absolute atomic E-state index is 14.5. The molecule has 7 nitrogen and oxygen atoms in total. The molecule has 1 aliphatic rings. The topological polar surface area (TPSA) is 96.4 Å². The lowest BCUT2D eigenvalue weighted by molar-refractivity contribution is -0.155. The third-order valence-electron chi connectivity index (χ3n) is 8.57. The average molecular weight is 706 g/mol. The number of amides is 1. The van der Waals surface area contributed by atoms with Crippen molar-refractivity contribution in [1.82, 2.24) is 15.2 Å². The number of sulfone groups is 1. The lowest BCUT2D eigenvalue weighted by Crippen LogP contribution is -2.41. The fraction of sp³-hybridized carbons (Fsp3) is 0.343. The van der Waals surface area contributed by atoms with Crippen LogP contribution in [-0.4, -0.2) is 54.5 Å². The largest absolute Gasteiger partial charge is 0.416 e. The number of hydrogen-bond donors (Lipinski definition) is 1. The molecule has 1 unspecified atom stereocenters. The van der Waals surface area contributed by atoms with Gasteiger partial charge in [-0.3, -0.25) is 14.5 Å². The van der Waals surface area contributed by atoms with E-state index >= 15 is 0 Å². The van der Waals surface area contributed by atoms with Gasteiger partial charge in [0.15, 0.2) is 15.9 Å². The van der Waals surface area contributed by atoms with E-state index in [0.717, 1.165) is 18.2 Å². The number of likely N-dealkylation sites (tertiary alicyclic amines) is 1. The molecule has 1 aliphatic heterocycles. The number of ketones is 1. The predicted molar refractivity (Wildman–Crippen MR) is 171 cm³/mol. The zero-order chi connectivity index (χ0) is 35.9. The van der Waals surface area contributed by atoms with E-state index in [1.807, 2.05) is 0 Å². The van der Waals surface area contributed by atoms with Crippen molar-refractivity contribution in [2.24, 2.45) is 5.92 Å². The zero-order valence-electron chi connectivity index (χ0n) is 26.7. The Bertz CT molecular complexity index is 2000. The second-order valence-corrected chi connectivity index (χ2v) is 14.9. The van der Waals surface area contributed by atoms with Crippen LogP contribution in [-0.2, 0) is 27.4 Å². The normalized spacial score (nSPS) is 17.0. The first kappa shape index (κ1) is 36.0. The van der Waals surface area contributed by atoms with Crippen LogP contribution in [0.15, 0.2) is 77.7 Å². The van der Waals surface area contributed by atoms with Gasteiger partial charge in [0.25, 0.3) is 5.91 Å². The van der Waals surface area contributed by atoms with E-state index in [-0.39, 0.29) is 75.6 Å². The molecule has 1 N–H and O–H groups in total. The van der Waals surface area contributed by atoms with Gasteiger partial charge in [-0.2, -0.15) is 26.3 Å². The lowest BCUT2D eigenvalue weighted by atomic mass is 9.92. The number of nitrogens with zero attached hydrogens (tertiary/aromatic N) is 2. The maximum Gasteiger partial charge on any atom is 0.416 e. The maximum atomic E-state index is 14.5. The molecule has 4 aromatic rings. The minimum Gasteiger partial charge on any atom is -0.337 e. The van der Waals surface area contributed by atoms with Crippen LogP contribution in [0.2, 0.25) is 0 Å². The summed E-state index contributed by atoms with van der Waals surface area (Å²) < 4.78 is 112. The van der Waals surface area contributed by atoms with E-state index in [2.05, 4.69) is 10.3 Å². The quantitative estimate of drug-likeness (QED) is 0.190. The fourth-order valence-electron chi connectivity index (χ4n) is 5.89. The second kappa shape index (κ2) is 13.5. The molecule has 1 saturated heterocycles. The Morgan fingerprint density at radius 1 is 0.980 bits per heavy atom. The summed E-state index contributed by atoms with van der Waals surface area (Å²) in [6.45, 7) is 4.82. The number of rotatable bonds is 8. The van der Waals surface area contributed by atoms with Crippen molar-refractivity contribution < 1.29 is 44.3 Å². The van der Waals surface area contributed by atoms with Crippen molar-refractivity contribution in [1.29, 1.82) is 0 Å². The first-order valence-electron chi connectivity index (χ1n) is 15.4. The molecule has 0 radical (unpaired) electrons. The van der Waals surface area contributed by atoms with Crippen LogP contribution in [0.5, 0.6) is 0 Å². The van der Waals surface area contributed by atoms with Gasteiger partial charge in [-0.1, -0.05) is 49.4 Å². The molecule has 5 rings (SSSR count). The van der Waals surface area contributed by atoms with E-state index in [1.165, 1.54) is 68.4 Å². The monoisotopic (exact) mass is 705 g/mol. The number of benzene rings is 3. The molecule has 0 aliphatic carbocycles. The van der Waals surface area contributed by atoms with Crippen LogP contribution in [0.3, 0.4) is 0 Å². The van der Waals surface area contributed by atoms with Crippen molar-refractivity contribution in [3.8, 4) is 11.3 Å². The highest BCUT2D eigenvalue weighted by Gasteiger charge is 2.43. The highest BCUT2D eigenvalue weighted by atomic mass is 32.2. The number of halogens is 6. The molecule has 0 saturated carbocycles. The molecular formula is C35H33F6N3O4S. The van der Waals surface area contributed by atoms with Gasteiger partial charge in [-0.15, -0.1) is 0 Å². The minimum absolute atomic E-state index is 0.0108. The Morgan fingerprint density at radius 3 is 2.29 bits per heavy atom. The highest BCUT2D eigenvalue weighted by Crippen LogP contribution is 2.38. The smallest absolute Gasteiger partial charge is 0.337 e. The van der Waals surface area contributed by atoms with Gasteiger partial charge in [-0.05, 0) is 49.7 Å². The summed E-state index contributed by atoms with van der Waals surface area (Å²) in [6, 6.07) is 12.0. The van der Waals surface area contributed by atoms with Crippen LogP contribution < -0.4 is 5.32 Å². The summed E-state index contributed by atoms with van der Waals surface area (Å²) >= 11 is 0. The standard InChI is InChI=1S/C35H33F6N3O4S/c1-20(2)49(47,48)25-12-13-28-26(17-25)30(33(46)43-32(35(39,40)41)22-8-5-4-6-9-22)27(19-44-15-14-29(45)21(3)18-44)31(42-28)23-10-7-11-24(16-23)34(36,37)38/h4-13,16-17,20-21,32H,14-15,18-19H2,1-3H3,(H,43,46)/t21?,32-/m1/s1. The van der Waals surface area contributed by atoms with E-state index in [4.69, 9.17) is 0 Å². The lowest BCUT2D eigenvalue weighted by Gasteiger charge is -2.31. The van der Waals surface area contributed by atoms with Crippen molar-refractivity contribution in [2.45, 2.75) is 62.3 Å². The van der Waals surface area contributed by atoms with Crippen LogP contribution in [0.4, 0.5) is 26.3 Å². The van der Waals surface area contributed by atoms with Gasteiger partial charge in [0, 0.05) is 48.5 Å². The molecule has 2 heterocycles. The summed E-state index contributed by atoms with van der Waals surface area (Å²) in [5, 5.41) is 1.09. The molecule has 3 aromatic carbocycles. The number of carbonyl (C=O) groups is 2. The Morgan fingerprint density at radius 2 is 1.67 bits per heavy atom.